The van der Waals surface area contributed by atoms with E-state index in [2.05, 4.69) is 0 Å². The molecule has 130 valence electrons. The molecule has 2 saturated heterocycles. The van der Waals surface area contributed by atoms with Crippen LogP contribution in [0.3, 0.4) is 0 Å². The molecule has 10 heteroatoms. The van der Waals surface area contributed by atoms with Crippen LogP contribution in [0.1, 0.15) is 0 Å². The average molecular weight is 324 g/mol. The molecule has 2 fully saturated rings. The summed E-state index contributed by atoms with van der Waals surface area (Å²) in [6, 6.07) is -1.07. The molecule has 9 atom stereocenters. The number of hydrogen-bond acceptors (Lipinski definition) is 10. The molecule has 0 amide bonds. The first-order chi connectivity index (χ1) is 10.4. The Morgan fingerprint density at radius 3 is 2.36 bits per heavy atom. The van der Waals surface area contributed by atoms with Crippen molar-refractivity contribution in [3.8, 4) is 0 Å². The van der Waals surface area contributed by atoms with Gasteiger partial charge in [0.1, 0.15) is 36.6 Å². The minimum absolute atomic E-state index is 0.0512. The van der Waals surface area contributed by atoms with Crippen LogP contribution >= 0.6 is 0 Å². The van der Waals surface area contributed by atoms with Gasteiger partial charge in [0.2, 0.25) is 0 Å². The largest absolute Gasteiger partial charge is 0.388 e. The van der Waals surface area contributed by atoms with Crippen molar-refractivity contribution in [3.05, 3.63) is 0 Å². The Bertz CT molecular complexity index is 360. The number of rotatable bonds is 4. The molecule has 1 unspecified atom stereocenters. The number of ether oxygens (including phenoxy) is 4. The SMILES string of the molecule is COC1OC[C@@H](O)[C@@H](O[C@H]2O[C@@H](CN)[C@@H](O)[C@H](O)[C@H]2N)[C@H]1O. The maximum absolute atomic E-state index is 10.1. The van der Waals surface area contributed by atoms with E-state index in [0.717, 1.165) is 0 Å². The molecule has 10 nitrogen and oxygen atoms in total. The third kappa shape index (κ3) is 3.41. The predicted molar refractivity (Wildman–Crippen MR) is 71.3 cm³/mol. The lowest BCUT2D eigenvalue weighted by Crippen LogP contribution is -2.65. The maximum atomic E-state index is 10.1. The van der Waals surface area contributed by atoms with Gasteiger partial charge in [0.15, 0.2) is 12.6 Å². The molecular weight excluding hydrogens is 300 g/mol. The van der Waals surface area contributed by atoms with Crippen LogP contribution in [0.15, 0.2) is 0 Å². The molecule has 0 saturated carbocycles. The Kier molecular flexibility index (Phi) is 6.07. The van der Waals surface area contributed by atoms with Crippen molar-refractivity contribution < 1.29 is 39.4 Å². The second kappa shape index (κ2) is 7.45. The quantitative estimate of drug-likeness (QED) is 0.298. The fraction of sp³-hybridized carbons (Fsp3) is 1.00. The molecule has 0 bridgehead atoms. The molecule has 2 rings (SSSR count). The van der Waals surface area contributed by atoms with Crippen molar-refractivity contribution in [1.82, 2.24) is 0 Å². The standard InChI is InChI=1S/C12H24N2O8/c1-19-12-9(18)10(4(15)3-20-12)22-11-6(14)8(17)7(16)5(2-13)21-11/h4-12,15-18H,2-3,13-14H2,1H3/t4-,5+,6-,7-,8-,9-,10-,11-,12?/m1/s1. The zero-order valence-electron chi connectivity index (χ0n) is 12.2. The van der Waals surface area contributed by atoms with Crippen LogP contribution in [0.25, 0.3) is 0 Å². The molecule has 0 aromatic carbocycles. The van der Waals surface area contributed by atoms with E-state index < -0.39 is 55.2 Å². The molecule has 0 aromatic heterocycles. The summed E-state index contributed by atoms with van der Waals surface area (Å²) in [5, 5.41) is 39.7. The minimum atomic E-state index is -1.31. The molecule has 2 aliphatic heterocycles. The van der Waals surface area contributed by atoms with E-state index >= 15 is 0 Å². The summed E-state index contributed by atoms with van der Waals surface area (Å²) < 4.78 is 21.0. The summed E-state index contributed by atoms with van der Waals surface area (Å²) >= 11 is 0. The first-order valence-electron chi connectivity index (χ1n) is 7.04. The van der Waals surface area contributed by atoms with E-state index in [9.17, 15) is 20.4 Å². The molecule has 0 aromatic rings. The van der Waals surface area contributed by atoms with Crippen molar-refractivity contribution in [2.75, 3.05) is 20.3 Å². The van der Waals surface area contributed by atoms with Crippen molar-refractivity contribution in [2.45, 2.75) is 55.2 Å². The Morgan fingerprint density at radius 2 is 1.77 bits per heavy atom. The summed E-state index contributed by atoms with van der Waals surface area (Å²) in [4.78, 5) is 0. The van der Waals surface area contributed by atoms with Gasteiger partial charge in [-0.05, 0) is 0 Å². The van der Waals surface area contributed by atoms with Crippen molar-refractivity contribution in [2.24, 2.45) is 11.5 Å². The van der Waals surface area contributed by atoms with Crippen LogP contribution in [-0.4, -0.2) is 95.9 Å². The van der Waals surface area contributed by atoms with Gasteiger partial charge in [-0.3, -0.25) is 0 Å². The van der Waals surface area contributed by atoms with Crippen LogP contribution in [0.2, 0.25) is 0 Å². The van der Waals surface area contributed by atoms with E-state index in [0.29, 0.717) is 0 Å². The number of aliphatic hydroxyl groups is 4. The molecule has 2 heterocycles. The fourth-order valence-corrected chi connectivity index (χ4v) is 2.57. The van der Waals surface area contributed by atoms with E-state index in [-0.39, 0.29) is 13.2 Å². The Balaban J connectivity index is 2.07. The van der Waals surface area contributed by atoms with Gasteiger partial charge in [-0.1, -0.05) is 0 Å². The lowest BCUT2D eigenvalue weighted by Gasteiger charge is -2.44. The molecule has 8 N–H and O–H groups in total. The monoisotopic (exact) mass is 324 g/mol. The van der Waals surface area contributed by atoms with Crippen LogP contribution in [0, 0.1) is 0 Å². The average Bonchev–Trinajstić information content (AvgIpc) is 2.51. The van der Waals surface area contributed by atoms with Crippen molar-refractivity contribution in [1.29, 1.82) is 0 Å². The van der Waals surface area contributed by atoms with Crippen LogP contribution in [0.4, 0.5) is 0 Å². The second-order valence-electron chi connectivity index (χ2n) is 5.43. The van der Waals surface area contributed by atoms with Crippen LogP contribution in [-0.2, 0) is 18.9 Å². The molecule has 22 heavy (non-hydrogen) atoms. The molecular formula is C12H24N2O8. The van der Waals surface area contributed by atoms with E-state index in [1.807, 2.05) is 0 Å². The minimum Gasteiger partial charge on any atom is -0.388 e. The predicted octanol–water partition coefficient (Wildman–Crippen LogP) is -4.17. The van der Waals surface area contributed by atoms with Gasteiger partial charge < -0.3 is 50.8 Å². The lowest BCUT2D eigenvalue weighted by molar-refractivity contribution is -0.325. The highest BCUT2D eigenvalue weighted by molar-refractivity contribution is 4.94. The summed E-state index contributed by atoms with van der Waals surface area (Å²) in [7, 11) is 1.34. The highest BCUT2D eigenvalue weighted by atomic mass is 16.7. The zero-order chi connectivity index (χ0) is 16.4. The van der Waals surface area contributed by atoms with Gasteiger partial charge >= 0.3 is 0 Å². The maximum Gasteiger partial charge on any atom is 0.185 e. The normalized spacial score (nSPS) is 50.0. The van der Waals surface area contributed by atoms with Gasteiger partial charge in [0.05, 0.1) is 12.6 Å². The number of aliphatic hydroxyl groups excluding tert-OH is 4. The number of hydrogen-bond donors (Lipinski definition) is 6. The summed E-state index contributed by atoms with van der Waals surface area (Å²) in [6.45, 7) is -0.155. The van der Waals surface area contributed by atoms with E-state index in [1.165, 1.54) is 7.11 Å². The molecule has 0 aliphatic carbocycles. The molecule has 0 radical (unpaired) electrons. The Labute approximate surface area is 127 Å². The third-order valence-electron chi connectivity index (χ3n) is 3.93. The highest BCUT2D eigenvalue weighted by Crippen LogP contribution is 2.26. The first-order valence-corrected chi connectivity index (χ1v) is 7.04. The first kappa shape index (κ1) is 17.9. The van der Waals surface area contributed by atoms with Gasteiger partial charge in [-0.2, -0.15) is 0 Å². The second-order valence-corrected chi connectivity index (χ2v) is 5.43. The van der Waals surface area contributed by atoms with Crippen molar-refractivity contribution >= 4 is 0 Å². The van der Waals surface area contributed by atoms with Gasteiger partial charge in [0, 0.05) is 13.7 Å². The summed E-state index contributed by atoms with van der Waals surface area (Å²) in [5.74, 6) is 0. The lowest BCUT2D eigenvalue weighted by atomic mass is 9.97. The Morgan fingerprint density at radius 1 is 1.09 bits per heavy atom. The van der Waals surface area contributed by atoms with Crippen LogP contribution in [0.5, 0.6) is 0 Å². The highest BCUT2D eigenvalue weighted by Gasteiger charge is 2.47. The zero-order valence-corrected chi connectivity index (χ0v) is 12.2. The Hall–Kier alpha value is -0.400. The number of methoxy groups -OCH3 is 1. The van der Waals surface area contributed by atoms with Gasteiger partial charge in [0.25, 0.3) is 0 Å². The van der Waals surface area contributed by atoms with E-state index in [1.54, 1.807) is 0 Å². The fourth-order valence-electron chi connectivity index (χ4n) is 2.57. The number of nitrogens with two attached hydrogens (primary N) is 2. The summed E-state index contributed by atoms with van der Waals surface area (Å²) in [5.41, 5.74) is 11.2. The van der Waals surface area contributed by atoms with Gasteiger partial charge in [-0.25, -0.2) is 0 Å². The summed E-state index contributed by atoms with van der Waals surface area (Å²) in [6.07, 6.45) is -9.02. The van der Waals surface area contributed by atoms with E-state index in [4.69, 9.17) is 30.4 Å². The third-order valence-corrected chi connectivity index (χ3v) is 3.93. The van der Waals surface area contributed by atoms with Gasteiger partial charge in [-0.15, -0.1) is 0 Å². The molecule has 2 aliphatic rings. The van der Waals surface area contributed by atoms with Crippen molar-refractivity contribution in [3.63, 3.8) is 0 Å². The molecule has 0 spiro atoms. The topological polar surface area (TPSA) is 170 Å². The van der Waals surface area contributed by atoms with Crippen LogP contribution < -0.4 is 11.5 Å². The smallest absolute Gasteiger partial charge is 0.185 e.